The summed E-state index contributed by atoms with van der Waals surface area (Å²) in [7, 11) is 0. The number of benzene rings is 1. The van der Waals surface area contributed by atoms with Crippen molar-refractivity contribution in [2.45, 2.75) is 50.3 Å². The maximum atomic E-state index is 12.9. The molecule has 5 heteroatoms. The van der Waals surface area contributed by atoms with E-state index in [0.29, 0.717) is 18.7 Å². The summed E-state index contributed by atoms with van der Waals surface area (Å²) in [6.45, 7) is 3.37. The predicted molar refractivity (Wildman–Crippen MR) is 91.4 cm³/mol. The summed E-state index contributed by atoms with van der Waals surface area (Å²) in [5.41, 5.74) is 0.762. The number of amides is 1. The molecule has 3 aliphatic heterocycles. The van der Waals surface area contributed by atoms with Crippen LogP contribution in [0.25, 0.3) is 0 Å². The van der Waals surface area contributed by atoms with Crippen LogP contribution in [-0.2, 0) is 4.74 Å². The minimum absolute atomic E-state index is 0.164. The maximum absolute atomic E-state index is 12.9. The van der Waals surface area contributed by atoms with Crippen molar-refractivity contribution in [1.29, 1.82) is 0 Å². The van der Waals surface area contributed by atoms with Crippen molar-refractivity contribution in [3.8, 4) is 5.75 Å². The highest BCUT2D eigenvalue weighted by atomic mass is 16.5. The van der Waals surface area contributed by atoms with Gasteiger partial charge in [-0.25, -0.2) is 0 Å². The molecule has 3 aliphatic rings. The van der Waals surface area contributed by atoms with Crippen molar-refractivity contribution in [3.05, 3.63) is 29.8 Å². The topological polar surface area (TPSA) is 50.8 Å². The van der Waals surface area contributed by atoms with Crippen LogP contribution >= 0.6 is 0 Å². The first-order valence-corrected chi connectivity index (χ1v) is 9.19. The summed E-state index contributed by atoms with van der Waals surface area (Å²) in [6, 6.07) is 8.34. The first kappa shape index (κ1) is 15.9. The van der Waals surface area contributed by atoms with Gasteiger partial charge in [0.25, 0.3) is 5.91 Å². The highest BCUT2D eigenvalue weighted by molar-refractivity contribution is 5.95. The number of nitrogens with one attached hydrogen (secondary N) is 1. The van der Waals surface area contributed by atoms with Crippen molar-refractivity contribution in [1.82, 2.24) is 10.2 Å². The van der Waals surface area contributed by atoms with Crippen LogP contribution in [0.3, 0.4) is 0 Å². The van der Waals surface area contributed by atoms with Crippen molar-refractivity contribution >= 4 is 5.91 Å². The molecule has 2 bridgehead atoms. The molecule has 0 spiro atoms. The molecular weight excluding hydrogens is 304 g/mol. The Morgan fingerprint density at radius 2 is 2.00 bits per heavy atom. The molecule has 3 atom stereocenters. The molecule has 0 aliphatic carbocycles. The van der Waals surface area contributed by atoms with E-state index in [2.05, 4.69) is 10.2 Å². The molecule has 3 saturated heterocycles. The zero-order chi connectivity index (χ0) is 16.4. The summed E-state index contributed by atoms with van der Waals surface area (Å²) in [5.74, 6) is 0.972. The Morgan fingerprint density at radius 1 is 1.17 bits per heavy atom. The normalized spacial score (nSPS) is 29.5. The molecule has 5 nitrogen and oxygen atoms in total. The predicted octanol–water partition coefficient (Wildman–Crippen LogP) is 2.21. The van der Waals surface area contributed by atoms with Crippen molar-refractivity contribution in [3.63, 3.8) is 0 Å². The Balaban J connectivity index is 1.39. The summed E-state index contributed by atoms with van der Waals surface area (Å²) < 4.78 is 11.4. The van der Waals surface area contributed by atoms with Crippen LogP contribution in [0.2, 0.25) is 0 Å². The summed E-state index contributed by atoms with van der Waals surface area (Å²) in [6.07, 6.45) is 5.72. The third-order valence-corrected chi connectivity index (χ3v) is 5.45. The molecule has 1 N–H and O–H groups in total. The second-order valence-corrected chi connectivity index (χ2v) is 7.06. The maximum Gasteiger partial charge on any atom is 0.254 e. The molecule has 3 unspecified atom stereocenters. The van der Waals surface area contributed by atoms with Gasteiger partial charge in [-0.05, 0) is 62.9 Å². The molecule has 1 amide bonds. The fourth-order valence-corrected chi connectivity index (χ4v) is 4.12. The van der Waals surface area contributed by atoms with Crippen LogP contribution in [0.4, 0.5) is 0 Å². The molecule has 0 saturated carbocycles. The van der Waals surface area contributed by atoms with Gasteiger partial charge in [-0.3, -0.25) is 4.79 Å². The Labute approximate surface area is 143 Å². The van der Waals surface area contributed by atoms with E-state index in [9.17, 15) is 4.79 Å². The van der Waals surface area contributed by atoms with Gasteiger partial charge in [-0.1, -0.05) is 0 Å². The molecule has 1 aromatic rings. The van der Waals surface area contributed by atoms with E-state index >= 15 is 0 Å². The number of nitrogens with zero attached hydrogens (tertiary/aromatic N) is 1. The number of ether oxygens (including phenoxy) is 2. The van der Waals surface area contributed by atoms with E-state index in [-0.39, 0.29) is 12.0 Å². The minimum atomic E-state index is 0.164. The molecule has 1 aromatic carbocycles. The van der Waals surface area contributed by atoms with E-state index in [1.807, 2.05) is 24.3 Å². The Hall–Kier alpha value is -1.59. The van der Waals surface area contributed by atoms with E-state index in [0.717, 1.165) is 63.1 Å². The number of hydrogen-bond donors (Lipinski definition) is 1. The average Bonchev–Trinajstić information content (AvgIpc) is 3.19. The molecule has 3 fully saturated rings. The number of carbonyl (C=O) groups excluding carboxylic acids is 1. The van der Waals surface area contributed by atoms with Crippen LogP contribution in [-0.4, -0.2) is 55.3 Å². The SMILES string of the molecule is O=C(c1ccc(OCC2CCCO2)cc1)N1C2CCNCC1CC2. The summed E-state index contributed by atoms with van der Waals surface area (Å²) in [5, 5.41) is 3.44. The van der Waals surface area contributed by atoms with Gasteiger partial charge < -0.3 is 19.7 Å². The standard InChI is InChI=1S/C19H26N2O3/c22-19(21-15-5-6-16(21)12-20-10-9-15)14-3-7-17(8-4-14)24-13-18-2-1-11-23-18/h3-4,7-8,15-16,18,20H,1-2,5-6,9-13H2. The van der Waals surface area contributed by atoms with Crippen molar-refractivity contribution < 1.29 is 14.3 Å². The number of carbonyl (C=O) groups is 1. The molecule has 4 rings (SSSR count). The van der Waals surface area contributed by atoms with Gasteiger partial charge in [0.15, 0.2) is 0 Å². The lowest BCUT2D eigenvalue weighted by Crippen LogP contribution is -2.42. The third kappa shape index (κ3) is 3.28. The largest absolute Gasteiger partial charge is 0.491 e. The van der Waals surface area contributed by atoms with Gasteiger partial charge in [0.1, 0.15) is 12.4 Å². The van der Waals surface area contributed by atoms with Gasteiger partial charge in [0.2, 0.25) is 0 Å². The Bertz CT molecular complexity index is 554. The third-order valence-electron chi connectivity index (χ3n) is 5.45. The zero-order valence-corrected chi connectivity index (χ0v) is 14.1. The minimum Gasteiger partial charge on any atom is -0.491 e. The monoisotopic (exact) mass is 330 g/mol. The highest BCUT2D eigenvalue weighted by Gasteiger charge is 2.38. The number of fused-ring (bicyclic) bond motifs is 2. The fraction of sp³-hybridized carbons (Fsp3) is 0.632. The summed E-state index contributed by atoms with van der Waals surface area (Å²) >= 11 is 0. The van der Waals surface area contributed by atoms with Gasteiger partial charge in [-0.2, -0.15) is 0 Å². The molecular formula is C19H26N2O3. The molecule has 24 heavy (non-hydrogen) atoms. The highest BCUT2D eigenvalue weighted by Crippen LogP contribution is 2.30. The summed E-state index contributed by atoms with van der Waals surface area (Å²) in [4.78, 5) is 15.0. The van der Waals surface area contributed by atoms with Gasteiger partial charge in [-0.15, -0.1) is 0 Å². The van der Waals surface area contributed by atoms with Gasteiger partial charge >= 0.3 is 0 Å². The average molecular weight is 330 g/mol. The second kappa shape index (κ2) is 7.11. The van der Waals surface area contributed by atoms with Crippen LogP contribution in [0.5, 0.6) is 5.75 Å². The van der Waals surface area contributed by atoms with Crippen LogP contribution in [0, 0.1) is 0 Å². The van der Waals surface area contributed by atoms with Gasteiger partial charge in [0.05, 0.1) is 6.10 Å². The number of hydrogen-bond acceptors (Lipinski definition) is 4. The first-order chi connectivity index (χ1) is 11.8. The molecule has 130 valence electrons. The van der Waals surface area contributed by atoms with E-state index in [1.54, 1.807) is 0 Å². The van der Waals surface area contributed by atoms with E-state index in [4.69, 9.17) is 9.47 Å². The lowest BCUT2D eigenvalue weighted by molar-refractivity contribution is 0.0670. The Kier molecular flexibility index (Phi) is 4.72. The smallest absolute Gasteiger partial charge is 0.254 e. The van der Waals surface area contributed by atoms with Crippen LogP contribution in [0.15, 0.2) is 24.3 Å². The van der Waals surface area contributed by atoms with Crippen molar-refractivity contribution in [2.24, 2.45) is 0 Å². The zero-order valence-electron chi connectivity index (χ0n) is 14.1. The van der Waals surface area contributed by atoms with Crippen molar-refractivity contribution in [2.75, 3.05) is 26.3 Å². The van der Waals surface area contributed by atoms with E-state index < -0.39 is 0 Å². The molecule has 0 radical (unpaired) electrons. The van der Waals surface area contributed by atoms with Crippen LogP contribution in [0.1, 0.15) is 42.5 Å². The quantitative estimate of drug-likeness (QED) is 0.920. The fourth-order valence-electron chi connectivity index (χ4n) is 4.12. The van der Waals surface area contributed by atoms with Crippen LogP contribution < -0.4 is 10.1 Å². The molecule has 0 aromatic heterocycles. The van der Waals surface area contributed by atoms with E-state index in [1.165, 1.54) is 0 Å². The lowest BCUT2D eigenvalue weighted by Gasteiger charge is -2.28. The number of rotatable bonds is 4. The van der Waals surface area contributed by atoms with Gasteiger partial charge in [0, 0.05) is 30.8 Å². The molecule has 3 heterocycles. The second-order valence-electron chi connectivity index (χ2n) is 7.06. The first-order valence-electron chi connectivity index (χ1n) is 9.19. The Morgan fingerprint density at radius 3 is 2.79 bits per heavy atom. The lowest BCUT2D eigenvalue weighted by atomic mass is 10.1.